The number of ether oxygens (including phenoxy) is 2. The minimum absolute atomic E-state index is 0.00438. The van der Waals surface area contributed by atoms with E-state index in [2.05, 4.69) is 5.32 Å². The molecule has 2 aromatic rings. The predicted octanol–water partition coefficient (Wildman–Crippen LogP) is 4.39. The predicted molar refractivity (Wildman–Crippen MR) is 155 cm³/mol. The Hall–Kier alpha value is -3.61. The fourth-order valence-electron chi connectivity index (χ4n) is 5.73. The van der Waals surface area contributed by atoms with Crippen molar-refractivity contribution in [2.45, 2.75) is 57.5 Å². The summed E-state index contributed by atoms with van der Waals surface area (Å²) < 4.78 is 10.9. The van der Waals surface area contributed by atoms with Crippen LogP contribution in [0, 0.1) is 23.2 Å². The molecule has 2 aliphatic rings. The lowest BCUT2D eigenvalue weighted by Gasteiger charge is -2.38. The Kier molecular flexibility index (Phi) is 10.4. The third-order valence-electron chi connectivity index (χ3n) is 7.99. The van der Waals surface area contributed by atoms with E-state index in [1.807, 2.05) is 24.3 Å². The Morgan fingerprint density at radius 2 is 1.82 bits per heavy atom. The number of nitriles is 1. The number of hydrogen-bond acceptors (Lipinski definition) is 8. The molecule has 4 rings (SSSR count). The number of hydrazone groups is 1. The lowest BCUT2D eigenvalue weighted by molar-refractivity contribution is -0.139. The Labute approximate surface area is 237 Å². The van der Waals surface area contributed by atoms with Crippen molar-refractivity contribution in [2.24, 2.45) is 16.9 Å². The molecule has 0 saturated heterocycles. The van der Waals surface area contributed by atoms with Gasteiger partial charge in [-0.2, -0.15) is 10.4 Å². The zero-order chi connectivity index (χ0) is 28.5. The molecule has 1 aliphatic heterocycles. The third kappa shape index (κ3) is 6.93. The second-order valence-electron chi connectivity index (χ2n) is 10.6. The summed E-state index contributed by atoms with van der Waals surface area (Å²) in [6.07, 6.45) is 7.27. The smallest absolute Gasteiger partial charge is 0.246 e. The minimum atomic E-state index is -0.695. The van der Waals surface area contributed by atoms with Crippen LogP contribution in [0.15, 0.2) is 41.5 Å². The quantitative estimate of drug-likeness (QED) is 0.250. The number of carbonyl (C=O) groups excluding carboxylic acids is 1. The normalized spacial score (nSPS) is 19.4. The van der Waals surface area contributed by atoms with Gasteiger partial charge in [0.1, 0.15) is 6.07 Å². The topological polar surface area (TPSA) is 133 Å². The number of nitrogens with two attached hydrogens (primary N) is 1. The molecule has 9 heteroatoms. The number of unbranched alkanes of at least 4 members (excludes halogenated alkanes) is 3. The van der Waals surface area contributed by atoms with E-state index in [1.165, 1.54) is 0 Å². The average Bonchev–Trinajstić information content (AvgIpc) is 2.99. The van der Waals surface area contributed by atoms with Crippen molar-refractivity contribution in [2.75, 3.05) is 39.6 Å². The van der Waals surface area contributed by atoms with E-state index in [0.29, 0.717) is 41.4 Å². The Morgan fingerprint density at radius 3 is 2.58 bits per heavy atom. The third-order valence-corrected chi connectivity index (χ3v) is 7.99. The van der Waals surface area contributed by atoms with Crippen LogP contribution in [-0.2, 0) is 4.79 Å². The van der Waals surface area contributed by atoms with Gasteiger partial charge >= 0.3 is 0 Å². The number of aliphatic hydroxyl groups excluding tert-OH is 1. The van der Waals surface area contributed by atoms with E-state index >= 15 is 0 Å². The summed E-state index contributed by atoms with van der Waals surface area (Å²) in [5.74, 6) is 1.65. The largest absolute Gasteiger partial charge is 0.493 e. The molecule has 0 aromatic heterocycles. The van der Waals surface area contributed by atoms with Crippen LogP contribution in [0.1, 0.15) is 74.2 Å². The number of nitrogen functional groups attached to an aromatic ring is 1. The maximum Gasteiger partial charge on any atom is 0.246 e. The SMILES string of the molecule is COc1ccc(C2=NN(CCCCCCNCC(O)c3ccc(N)c(C#N)c3)C(=O)[C@@H]3CCCC[C@H]23)cc1OC. The van der Waals surface area contributed by atoms with Crippen LogP contribution in [0.2, 0.25) is 0 Å². The van der Waals surface area contributed by atoms with Crippen LogP contribution in [0.4, 0.5) is 5.69 Å². The summed E-state index contributed by atoms with van der Waals surface area (Å²) in [6.45, 7) is 1.81. The Morgan fingerprint density at radius 1 is 1.07 bits per heavy atom. The molecular weight excluding hydrogens is 506 g/mol. The van der Waals surface area contributed by atoms with Crippen LogP contribution < -0.4 is 20.5 Å². The molecule has 1 heterocycles. The molecule has 1 fully saturated rings. The maximum absolute atomic E-state index is 13.3. The van der Waals surface area contributed by atoms with Crippen molar-refractivity contribution in [3.63, 3.8) is 0 Å². The number of benzene rings is 2. The summed E-state index contributed by atoms with van der Waals surface area (Å²) in [5, 5.41) is 29.4. The number of nitrogens with zero attached hydrogens (tertiary/aromatic N) is 3. The van der Waals surface area contributed by atoms with Gasteiger partial charge in [0, 0.05) is 36.2 Å². The molecule has 4 N–H and O–H groups in total. The van der Waals surface area contributed by atoms with E-state index in [1.54, 1.807) is 37.4 Å². The molecule has 2 aromatic carbocycles. The van der Waals surface area contributed by atoms with Gasteiger partial charge in [0.05, 0.1) is 31.6 Å². The number of carbonyl (C=O) groups is 1. The van der Waals surface area contributed by atoms with E-state index in [4.69, 9.17) is 25.6 Å². The zero-order valence-electron chi connectivity index (χ0n) is 23.6. The first-order valence-corrected chi connectivity index (χ1v) is 14.3. The van der Waals surface area contributed by atoms with Crippen molar-refractivity contribution in [1.29, 1.82) is 5.26 Å². The van der Waals surface area contributed by atoms with E-state index in [0.717, 1.165) is 69.2 Å². The summed E-state index contributed by atoms with van der Waals surface area (Å²) in [4.78, 5) is 13.3. The molecule has 1 unspecified atom stereocenters. The van der Waals surface area contributed by atoms with E-state index in [9.17, 15) is 9.90 Å². The standard InChI is InChI=1S/C31H41N5O4/c1-39-28-14-12-22(18-29(28)40-2)30-24-9-5-6-10-25(24)31(38)36(35-30)16-8-4-3-7-15-34-20-27(37)21-11-13-26(33)23(17-21)19-32/h11-14,17-18,24-25,27,34,37H,3-10,15-16,20,33H2,1-2H3/t24-,25+,27?/m0/s1. The van der Waals surface area contributed by atoms with Gasteiger partial charge in [-0.3, -0.25) is 4.79 Å². The zero-order valence-corrected chi connectivity index (χ0v) is 23.6. The lowest BCUT2D eigenvalue weighted by Crippen LogP contribution is -2.46. The van der Waals surface area contributed by atoms with Crippen LogP contribution >= 0.6 is 0 Å². The summed E-state index contributed by atoms with van der Waals surface area (Å²) >= 11 is 0. The van der Waals surface area contributed by atoms with Crippen LogP contribution in [0.25, 0.3) is 0 Å². The highest BCUT2D eigenvalue weighted by Crippen LogP contribution is 2.39. The second kappa shape index (κ2) is 14.1. The Balaban J connectivity index is 1.26. The van der Waals surface area contributed by atoms with Gasteiger partial charge in [0.2, 0.25) is 5.91 Å². The molecule has 0 spiro atoms. The van der Waals surface area contributed by atoms with Crippen molar-refractivity contribution in [3.8, 4) is 17.6 Å². The van der Waals surface area contributed by atoms with Crippen LogP contribution in [-0.4, -0.2) is 55.6 Å². The van der Waals surface area contributed by atoms with Crippen molar-refractivity contribution < 1.29 is 19.4 Å². The van der Waals surface area contributed by atoms with Crippen LogP contribution in [0.3, 0.4) is 0 Å². The van der Waals surface area contributed by atoms with Crippen molar-refractivity contribution >= 4 is 17.3 Å². The number of amides is 1. The monoisotopic (exact) mass is 547 g/mol. The van der Waals surface area contributed by atoms with Gasteiger partial charge in [-0.25, -0.2) is 5.01 Å². The highest BCUT2D eigenvalue weighted by atomic mass is 16.5. The number of aliphatic hydroxyl groups is 1. The Bertz CT molecular complexity index is 1240. The second-order valence-corrected chi connectivity index (χ2v) is 10.6. The first-order valence-electron chi connectivity index (χ1n) is 14.3. The first kappa shape index (κ1) is 29.4. The highest BCUT2D eigenvalue weighted by molar-refractivity contribution is 6.07. The van der Waals surface area contributed by atoms with Crippen molar-refractivity contribution in [1.82, 2.24) is 10.3 Å². The average molecular weight is 548 g/mol. The lowest BCUT2D eigenvalue weighted by atomic mass is 9.73. The number of anilines is 1. The van der Waals surface area contributed by atoms with Gasteiger partial charge in [0.25, 0.3) is 0 Å². The van der Waals surface area contributed by atoms with Gasteiger partial charge in [-0.15, -0.1) is 0 Å². The minimum Gasteiger partial charge on any atom is -0.493 e. The van der Waals surface area contributed by atoms with Gasteiger partial charge in [-0.1, -0.05) is 31.7 Å². The maximum atomic E-state index is 13.3. The number of methoxy groups -OCH3 is 2. The molecule has 1 amide bonds. The molecular formula is C31H41N5O4. The summed E-state index contributed by atoms with van der Waals surface area (Å²) in [6, 6.07) is 13.0. The summed E-state index contributed by atoms with van der Waals surface area (Å²) in [5.41, 5.74) is 9.20. The molecule has 1 saturated carbocycles. The highest BCUT2D eigenvalue weighted by Gasteiger charge is 2.41. The molecule has 0 radical (unpaired) electrons. The molecule has 40 heavy (non-hydrogen) atoms. The molecule has 1 aliphatic carbocycles. The van der Waals surface area contributed by atoms with Crippen LogP contribution in [0.5, 0.6) is 11.5 Å². The van der Waals surface area contributed by atoms with Gasteiger partial charge in [-0.05, 0) is 68.1 Å². The fraction of sp³-hybridized carbons (Fsp3) is 0.516. The number of rotatable bonds is 13. The van der Waals surface area contributed by atoms with E-state index < -0.39 is 6.10 Å². The number of hydrogen-bond donors (Lipinski definition) is 3. The molecule has 9 nitrogen and oxygen atoms in total. The van der Waals surface area contributed by atoms with Gasteiger partial charge < -0.3 is 25.6 Å². The number of fused-ring (bicyclic) bond motifs is 1. The molecule has 0 bridgehead atoms. The van der Waals surface area contributed by atoms with Gasteiger partial charge in [0.15, 0.2) is 11.5 Å². The van der Waals surface area contributed by atoms with E-state index in [-0.39, 0.29) is 17.7 Å². The summed E-state index contributed by atoms with van der Waals surface area (Å²) in [7, 11) is 3.26. The van der Waals surface area contributed by atoms with Crippen molar-refractivity contribution in [3.05, 3.63) is 53.1 Å². The first-order chi connectivity index (χ1) is 19.5. The fourth-order valence-corrected chi connectivity index (χ4v) is 5.73. The number of nitrogens with one attached hydrogen (secondary N) is 1. The molecule has 3 atom stereocenters. The molecule has 214 valence electrons.